The second-order valence-electron chi connectivity index (χ2n) is 3.55. The molecule has 3 nitrogen and oxygen atoms in total. The maximum Gasteiger partial charge on any atom is 0.777 e. The smallest absolute Gasteiger partial charge is 0.466 e. The second kappa shape index (κ2) is 9.46. The van der Waals surface area contributed by atoms with Crippen molar-refractivity contribution in [3.63, 3.8) is 0 Å². The van der Waals surface area contributed by atoms with Gasteiger partial charge < -0.3 is 8.85 Å². The van der Waals surface area contributed by atoms with E-state index in [0.717, 1.165) is 12.5 Å². The fourth-order valence-electron chi connectivity index (χ4n) is 1.43. The molecule has 0 aliphatic heterocycles. The third kappa shape index (κ3) is 5.93. The molecular formula is C16H16O3Si. The molecule has 0 fully saturated rings. The molecule has 0 heterocycles. The molecule has 0 N–H and O–H groups in total. The first-order chi connectivity index (χ1) is 9.77. The van der Waals surface area contributed by atoms with E-state index < -0.39 is 9.17 Å². The molecule has 0 aliphatic carbocycles. The SMILES string of the molecule is C=CO[Si](=O)OC=C.c1ccc(-c2ccccc2)cc1. The molecule has 0 radical (unpaired) electrons. The average molecular weight is 284 g/mol. The van der Waals surface area contributed by atoms with Crippen LogP contribution in [0.5, 0.6) is 0 Å². The van der Waals surface area contributed by atoms with Gasteiger partial charge in [0, 0.05) is 0 Å². The van der Waals surface area contributed by atoms with E-state index in [4.69, 9.17) is 0 Å². The summed E-state index contributed by atoms with van der Waals surface area (Å²) in [4.78, 5) is 0. The van der Waals surface area contributed by atoms with Crippen LogP contribution in [0.4, 0.5) is 0 Å². The highest BCUT2D eigenvalue weighted by molar-refractivity contribution is 6.26. The minimum absolute atomic E-state index is 1.06. The van der Waals surface area contributed by atoms with Gasteiger partial charge >= 0.3 is 9.17 Å². The van der Waals surface area contributed by atoms with Gasteiger partial charge in [0.15, 0.2) is 0 Å². The number of rotatable bonds is 5. The van der Waals surface area contributed by atoms with E-state index in [1.54, 1.807) is 0 Å². The van der Waals surface area contributed by atoms with Crippen molar-refractivity contribution in [2.24, 2.45) is 0 Å². The average Bonchev–Trinajstić information content (AvgIpc) is 2.50. The Bertz CT molecular complexity index is 489. The lowest BCUT2D eigenvalue weighted by molar-refractivity contribution is 0.287. The summed E-state index contributed by atoms with van der Waals surface area (Å²) in [5.41, 5.74) is 2.55. The molecule has 4 heteroatoms. The Balaban J connectivity index is 0.000000221. The number of hydrogen-bond donors (Lipinski definition) is 0. The Morgan fingerprint density at radius 1 is 0.750 bits per heavy atom. The van der Waals surface area contributed by atoms with Gasteiger partial charge in [0.1, 0.15) is 0 Å². The van der Waals surface area contributed by atoms with E-state index >= 15 is 0 Å². The van der Waals surface area contributed by atoms with Gasteiger partial charge in [-0.15, -0.1) is 0 Å². The molecule has 20 heavy (non-hydrogen) atoms. The van der Waals surface area contributed by atoms with Crippen LogP contribution in [0.15, 0.2) is 86.3 Å². The lowest BCUT2D eigenvalue weighted by atomic mass is 10.1. The van der Waals surface area contributed by atoms with E-state index in [1.807, 2.05) is 12.1 Å². The number of benzene rings is 2. The van der Waals surface area contributed by atoms with Crippen molar-refractivity contribution >= 4 is 9.17 Å². The maximum atomic E-state index is 10.2. The van der Waals surface area contributed by atoms with Crippen LogP contribution in [0, 0.1) is 0 Å². The monoisotopic (exact) mass is 284 g/mol. The molecule has 102 valence electrons. The molecule has 0 spiro atoms. The van der Waals surface area contributed by atoms with E-state index in [-0.39, 0.29) is 0 Å². The molecule has 0 amide bonds. The molecular weight excluding hydrogens is 268 g/mol. The van der Waals surface area contributed by atoms with Crippen LogP contribution in [0.1, 0.15) is 0 Å². The van der Waals surface area contributed by atoms with Gasteiger partial charge in [0.25, 0.3) is 0 Å². The van der Waals surface area contributed by atoms with Crippen LogP contribution in [0.3, 0.4) is 0 Å². The Hall–Kier alpha value is -2.46. The van der Waals surface area contributed by atoms with Gasteiger partial charge in [-0.3, -0.25) is 4.46 Å². The van der Waals surface area contributed by atoms with Gasteiger partial charge in [-0.05, 0) is 11.1 Å². The lowest BCUT2D eigenvalue weighted by Crippen LogP contribution is -2.03. The minimum Gasteiger partial charge on any atom is -0.466 e. The Labute approximate surface area is 120 Å². The Kier molecular flexibility index (Phi) is 7.38. The van der Waals surface area contributed by atoms with Crippen LogP contribution in [0.2, 0.25) is 0 Å². The van der Waals surface area contributed by atoms with Crippen LogP contribution >= 0.6 is 0 Å². The van der Waals surface area contributed by atoms with Crippen LogP contribution in [0.25, 0.3) is 11.1 Å². The molecule has 0 saturated heterocycles. The summed E-state index contributed by atoms with van der Waals surface area (Å²) in [7, 11) is -2.38. The standard InChI is InChI=1S/C12H10.C4H6O3Si/c1-3-7-11(8-4-1)12-9-5-2-6-10-12;1-3-6-8(5)7-4-2/h1-10H;3-4H,1-2H2. The minimum atomic E-state index is -2.38. The lowest BCUT2D eigenvalue weighted by Gasteiger charge is -1.98. The van der Waals surface area contributed by atoms with Gasteiger partial charge in [-0.2, -0.15) is 0 Å². The quantitative estimate of drug-likeness (QED) is 0.613. The fourth-order valence-corrected chi connectivity index (χ4v) is 1.75. The summed E-state index contributed by atoms with van der Waals surface area (Å²) in [6, 6.07) is 20.8. The molecule has 0 aliphatic rings. The molecule has 2 aromatic carbocycles. The van der Waals surface area contributed by atoms with Crippen molar-refractivity contribution in [1.82, 2.24) is 0 Å². The molecule has 0 aromatic heterocycles. The zero-order valence-corrected chi connectivity index (χ0v) is 12.1. The maximum absolute atomic E-state index is 10.2. The highest BCUT2D eigenvalue weighted by Gasteiger charge is 2.04. The topological polar surface area (TPSA) is 35.5 Å². The van der Waals surface area contributed by atoms with Gasteiger partial charge in [-0.25, -0.2) is 0 Å². The Morgan fingerprint density at radius 2 is 1.10 bits per heavy atom. The summed E-state index contributed by atoms with van der Waals surface area (Å²) < 4.78 is 18.8. The largest absolute Gasteiger partial charge is 0.777 e. The van der Waals surface area contributed by atoms with E-state index in [2.05, 4.69) is 70.5 Å². The van der Waals surface area contributed by atoms with Gasteiger partial charge in [-0.1, -0.05) is 73.8 Å². The zero-order chi connectivity index (χ0) is 14.6. The summed E-state index contributed by atoms with van der Waals surface area (Å²) in [5.74, 6) is 0. The summed E-state index contributed by atoms with van der Waals surface area (Å²) >= 11 is 0. The first kappa shape index (κ1) is 15.6. The summed E-state index contributed by atoms with van der Waals surface area (Å²) in [6.45, 7) is 6.34. The van der Waals surface area contributed by atoms with Crippen LogP contribution in [-0.4, -0.2) is 9.17 Å². The summed E-state index contributed by atoms with van der Waals surface area (Å²) in [5, 5.41) is 0. The highest BCUT2D eigenvalue weighted by Crippen LogP contribution is 2.17. The van der Waals surface area contributed by atoms with Crippen molar-refractivity contribution in [2.75, 3.05) is 0 Å². The third-order valence-corrected chi connectivity index (χ3v) is 2.96. The zero-order valence-electron chi connectivity index (χ0n) is 11.1. The molecule has 2 aromatic rings. The van der Waals surface area contributed by atoms with Crippen LogP contribution < -0.4 is 0 Å². The van der Waals surface area contributed by atoms with Crippen molar-refractivity contribution in [3.05, 3.63) is 86.3 Å². The van der Waals surface area contributed by atoms with Crippen molar-refractivity contribution in [1.29, 1.82) is 0 Å². The first-order valence-electron chi connectivity index (χ1n) is 5.97. The normalized spacial score (nSPS) is 8.60. The van der Waals surface area contributed by atoms with Gasteiger partial charge in [0.2, 0.25) is 0 Å². The van der Waals surface area contributed by atoms with Crippen molar-refractivity contribution < 1.29 is 13.3 Å². The molecule has 0 atom stereocenters. The van der Waals surface area contributed by atoms with E-state index in [1.165, 1.54) is 11.1 Å². The number of hydrogen-bond acceptors (Lipinski definition) is 3. The van der Waals surface area contributed by atoms with Crippen LogP contribution in [-0.2, 0) is 13.3 Å². The predicted octanol–water partition coefficient (Wildman–Crippen LogP) is 4.08. The van der Waals surface area contributed by atoms with Gasteiger partial charge in [0.05, 0.1) is 12.5 Å². The van der Waals surface area contributed by atoms with E-state index in [0.29, 0.717) is 0 Å². The molecule has 2 rings (SSSR count). The molecule has 0 unspecified atom stereocenters. The van der Waals surface area contributed by atoms with E-state index in [9.17, 15) is 4.46 Å². The third-order valence-electron chi connectivity index (χ3n) is 2.24. The van der Waals surface area contributed by atoms with Crippen molar-refractivity contribution in [3.8, 4) is 11.1 Å². The molecule has 0 saturated carbocycles. The predicted molar refractivity (Wildman–Crippen MR) is 80.9 cm³/mol. The highest BCUT2D eigenvalue weighted by atomic mass is 28.3. The second-order valence-corrected chi connectivity index (χ2v) is 4.52. The first-order valence-corrected chi connectivity index (χ1v) is 7.20. The summed E-state index contributed by atoms with van der Waals surface area (Å²) in [6.07, 6.45) is 2.12. The fraction of sp³-hybridized carbons (Fsp3) is 0. The van der Waals surface area contributed by atoms with Crippen molar-refractivity contribution in [2.45, 2.75) is 0 Å². The molecule has 0 bridgehead atoms. The Morgan fingerprint density at radius 3 is 1.40 bits per heavy atom.